The van der Waals surface area contributed by atoms with Gasteiger partial charge in [-0.2, -0.15) is 0 Å². The van der Waals surface area contributed by atoms with Crippen LogP contribution in [0.5, 0.6) is 5.75 Å². The Bertz CT molecular complexity index is 741. The highest BCUT2D eigenvalue weighted by Gasteiger charge is 2.44. The van der Waals surface area contributed by atoms with Crippen LogP contribution >= 0.6 is 12.4 Å². The molecule has 3 N–H and O–H groups in total. The summed E-state index contributed by atoms with van der Waals surface area (Å²) in [7, 11) is 0. The predicted molar refractivity (Wildman–Crippen MR) is 102 cm³/mol. The summed E-state index contributed by atoms with van der Waals surface area (Å²) in [6.07, 6.45) is 0.671. The molecule has 0 spiro atoms. The van der Waals surface area contributed by atoms with E-state index in [0.717, 1.165) is 16.9 Å². The molecule has 1 aliphatic rings. The lowest BCUT2D eigenvalue weighted by Gasteiger charge is -2.14. The number of ether oxygens (including phenoxy) is 1. The quantitative estimate of drug-likeness (QED) is 0.717. The van der Waals surface area contributed by atoms with Crippen LogP contribution in [0.25, 0.3) is 0 Å². The summed E-state index contributed by atoms with van der Waals surface area (Å²) in [5.41, 5.74) is 7.07. The molecule has 0 radical (unpaired) electrons. The Balaban J connectivity index is 0.00000261. The van der Waals surface area contributed by atoms with Gasteiger partial charge in [0.25, 0.3) is 5.92 Å². The molecule has 146 valence electrons. The van der Waals surface area contributed by atoms with E-state index in [9.17, 15) is 13.6 Å². The van der Waals surface area contributed by atoms with Crippen molar-refractivity contribution in [3.63, 3.8) is 0 Å². The van der Waals surface area contributed by atoms with Crippen molar-refractivity contribution in [1.82, 2.24) is 5.32 Å². The molecule has 2 aromatic rings. The molecule has 1 saturated carbocycles. The van der Waals surface area contributed by atoms with E-state index in [1.54, 1.807) is 0 Å². The lowest BCUT2D eigenvalue weighted by molar-refractivity contribution is -0.124. The van der Waals surface area contributed by atoms with E-state index in [2.05, 4.69) is 5.32 Å². The van der Waals surface area contributed by atoms with Crippen molar-refractivity contribution in [2.45, 2.75) is 24.9 Å². The summed E-state index contributed by atoms with van der Waals surface area (Å²) in [5, 5.41) is 2.29. The molecule has 4 nitrogen and oxygen atoms in total. The molecule has 0 aromatic heterocycles. The van der Waals surface area contributed by atoms with Crippen molar-refractivity contribution >= 4 is 18.3 Å². The minimum absolute atomic E-state index is 0. The van der Waals surface area contributed by atoms with Crippen LogP contribution in [0.15, 0.2) is 54.6 Å². The van der Waals surface area contributed by atoms with Gasteiger partial charge < -0.3 is 15.8 Å². The second-order valence-corrected chi connectivity index (χ2v) is 6.57. The van der Waals surface area contributed by atoms with Gasteiger partial charge in [-0.1, -0.05) is 42.5 Å². The number of nitrogens with one attached hydrogen (secondary N) is 1. The third-order valence-electron chi connectivity index (χ3n) is 4.50. The van der Waals surface area contributed by atoms with Crippen LogP contribution in [-0.4, -0.2) is 24.9 Å². The van der Waals surface area contributed by atoms with Crippen molar-refractivity contribution in [2.24, 2.45) is 11.7 Å². The zero-order valence-electron chi connectivity index (χ0n) is 14.7. The molecular formula is C20H23ClF2N2O2. The molecule has 0 bridgehead atoms. The Morgan fingerprint density at radius 3 is 2.44 bits per heavy atom. The maximum atomic E-state index is 13.1. The molecule has 2 aromatic carbocycles. The van der Waals surface area contributed by atoms with Gasteiger partial charge in [0.15, 0.2) is 0 Å². The molecule has 27 heavy (non-hydrogen) atoms. The topological polar surface area (TPSA) is 64.3 Å². The number of carbonyl (C=O) groups is 1. The average molecular weight is 397 g/mol. The van der Waals surface area contributed by atoms with Crippen molar-refractivity contribution in [3.05, 3.63) is 65.7 Å². The highest BCUT2D eigenvalue weighted by molar-refractivity contribution is 5.85. The zero-order valence-corrected chi connectivity index (χ0v) is 15.6. The SMILES string of the molecule is Cl.NCC(F)(F)CNC(=O)C1CC1c1ccc(OCc2ccccc2)cc1. The molecule has 3 rings (SSSR count). The standard InChI is InChI=1S/C20H22F2N2O2.ClH/c21-20(22,12-23)13-24-19(25)18-10-17(18)15-6-8-16(9-7-15)26-11-14-4-2-1-3-5-14;/h1-9,17-18H,10-13,23H2,(H,24,25);1H. The van der Waals surface area contributed by atoms with Crippen molar-refractivity contribution < 1.29 is 18.3 Å². The summed E-state index contributed by atoms with van der Waals surface area (Å²) in [5.74, 6) is -2.82. The summed E-state index contributed by atoms with van der Waals surface area (Å²) in [6.45, 7) is -0.992. The Morgan fingerprint density at radius 2 is 1.81 bits per heavy atom. The number of alkyl halides is 2. The summed E-state index contributed by atoms with van der Waals surface area (Å²) in [4.78, 5) is 12.0. The molecule has 0 aliphatic heterocycles. The van der Waals surface area contributed by atoms with E-state index in [4.69, 9.17) is 10.5 Å². The molecule has 2 unspecified atom stereocenters. The summed E-state index contributed by atoms with van der Waals surface area (Å²) < 4.78 is 31.9. The number of nitrogens with two attached hydrogens (primary N) is 1. The highest BCUT2D eigenvalue weighted by atomic mass is 35.5. The minimum atomic E-state index is -3.06. The number of carbonyl (C=O) groups excluding carboxylic acids is 1. The maximum absolute atomic E-state index is 13.1. The van der Waals surface area contributed by atoms with E-state index in [1.807, 2.05) is 54.6 Å². The molecule has 1 amide bonds. The normalized spacial score (nSPS) is 18.3. The van der Waals surface area contributed by atoms with Gasteiger partial charge in [-0.25, -0.2) is 8.78 Å². The van der Waals surface area contributed by atoms with Crippen molar-refractivity contribution in [2.75, 3.05) is 13.1 Å². The van der Waals surface area contributed by atoms with Crippen LogP contribution in [0.4, 0.5) is 8.78 Å². The van der Waals surface area contributed by atoms with Crippen LogP contribution in [-0.2, 0) is 11.4 Å². The average Bonchev–Trinajstić information content (AvgIpc) is 3.47. The fourth-order valence-electron chi connectivity index (χ4n) is 2.83. The third-order valence-corrected chi connectivity index (χ3v) is 4.50. The number of rotatable bonds is 8. The second-order valence-electron chi connectivity index (χ2n) is 6.57. The Labute approximate surface area is 163 Å². The van der Waals surface area contributed by atoms with Gasteiger partial charge >= 0.3 is 0 Å². The number of benzene rings is 2. The van der Waals surface area contributed by atoms with Gasteiger partial charge in [0.2, 0.25) is 5.91 Å². The van der Waals surface area contributed by atoms with Gasteiger partial charge in [-0.15, -0.1) is 12.4 Å². The van der Waals surface area contributed by atoms with Crippen LogP contribution in [0.1, 0.15) is 23.5 Å². The van der Waals surface area contributed by atoms with Crippen molar-refractivity contribution in [3.8, 4) is 5.75 Å². The fraction of sp³-hybridized carbons (Fsp3) is 0.350. The smallest absolute Gasteiger partial charge is 0.277 e. The van der Waals surface area contributed by atoms with E-state index in [1.165, 1.54) is 0 Å². The molecule has 7 heteroatoms. The molecule has 0 heterocycles. The van der Waals surface area contributed by atoms with Gasteiger partial charge in [0.1, 0.15) is 12.4 Å². The van der Waals surface area contributed by atoms with Gasteiger partial charge in [-0.3, -0.25) is 4.79 Å². The van der Waals surface area contributed by atoms with Crippen LogP contribution < -0.4 is 15.8 Å². The van der Waals surface area contributed by atoms with Crippen LogP contribution in [0.2, 0.25) is 0 Å². The number of amides is 1. The van der Waals surface area contributed by atoms with Crippen LogP contribution in [0.3, 0.4) is 0 Å². The van der Waals surface area contributed by atoms with Gasteiger partial charge in [0.05, 0.1) is 13.1 Å². The number of hydrogen-bond acceptors (Lipinski definition) is 3. The largest absolute Gasteiger partial charge is 0.489 e. The first-order chi connectivity index (χ1) is 12.5. The summed E-state index contributed by atoms with van der Waals surface area (Å²) >= 11 is 0. The number of hydrogen-bond donors (Lipinski definition) is 2. The molecule has 1 fully saturated rings. The van der Waals surface area contributed by atoms with Gasteiger partial charge in [-0.05, 0) is 35.6 Å². The van der Waals surface area contributed by atoms with E-state index in [0.29, 0.717) is 13.0 Å². The molecular weight excluding hydrogens is 374 g/mol. The molecule has 2 atom stereocenters. The predicted octanol–water partition coefficient (Wildman–Crippen LogP) is 3.50. The molecule has 0 saturated heterocycles. The monoisotopic (exact) mass is 396 g/mol. The fourth-order valence-corrected chi connectivity index (χ4v) is 2.83. The first-order valence-corrected chi connectivity index (χ1v) is 8.61. The van der Waals surface area contributed by atoms with Crippen molar-refractivity contribution in [1.29, 1.82) is 0 Å². The van der Waals surface area contributed by atoms with Gasteiger partial charge in [0, 0.05) is 5.92 Å². The minimum Gasteiger partial charge on any atom is -0.489 e. The Hall–Kier alpha value is -2.18. The summed E-state index contributed by atoms with van der Waals surface area (Å²) in [6, 6.07) is 17.5. The van der Waals surface area contributed by atoms with E-state index in [-0.39, 0.29) is 30.2 Å². The van der Waals surface area contributed by atoms with Crippen LogP contribution in [0, 0.1) is 5.92 Å². The first kappa shape index (κ1) is 21.1. The van der Waals surface area contributed by atoms with E-state index >= 15 is 0 Å². The maximum Gasteiger partial charge on any atom is 0.277 e. The lowest BCUT2D eigenvalue weighted by atomic mass is 10.1. The first-order valence-electron chi connectivity index (χ1n) is 8.61. The third kappa shape index (κ3) is 5.91. The zero-order chi connectivity index (χ0) is 18.6. The van der Waals surface area contributed by atoms with E-state index < -0.39 is 19.0 Å². The molecule has 1 aliphatic carbocycles. The number of halogens is 3. The second kappa shape index (κ2) is 9.15. The Morgan fingerprint density at radius 1 is 1.15 bits per heavy atom. The highest BCUT2D eigenvalue weighted by Crippen LogP contribution is 2.47. The lowest BCUT2D eigenvalue weighted by Crippen LogP contribution is -2.42. The Kier molecular flexibility index (Phi) is 7.16.